The first-order valence-corrected chi connectivity index (χ1v) is 14.9. The molecule has 0 aromatic heterocycles. The largest absolute Gasteiger partial charge is 2.00 e. The first kappa shape index (κ1) is 36.8. The average Bonchev–Trinajstić information content (AvgIpc) is 3.62. The number of benzene rings is 6. The molecule has 8 aromatic carbocycles. The average molecular weight is 672 g/mol. The summed E-state index contributed by atoms with van der Waals surface area (Å²) in [7, 11) is 0. The van der Waals surface area contributed by atoms with Crippen LogP contribution in [-0.2, 0) is 21.7 Å². The minimum atomic E-state index is 0. The fourth-order valence-electron chi connectivity index (χ4n) is 6.16. The molecule has 0 fully saturated rings. The summed E-state index contributed by atoms with van der Waals surface area (Å²) in [5.74, 6) is 0. The van der Waals surface area contributed by atoms with Gasteiger partial charge in [0, 0.05) is 0 Å². The number of hydrogen-bond donors (Lipinski definition) is 0. The predicted molar refractivity (Wildman–Crippen MR) is 190 cm³/mol. The molecule has 230 valence electrons. The molecule has 0 spiro atoms. The topological polar surface area (TPSA) is 0 Å². The van der Waals surface area contributed by atoms with Gasteiger partial charge in [-0.25, -0.2) is 0 Å². The van der Waals surface area contributed by atoms with Crippen molar-refractivity contribution in [2.24, 2.45) is 0 Å². The second-order valence-corrected chi connectivity index (χ2v) is 11.1. The monoisotopic (exact) mass is 670 g/mol. The molecule has 3 heteroatoms. The van der Waals surface area contributed by atoms with Crippen LogP contribution in [0, 0.1) is 27.7 Å². The molecular formula is C43H36Cl2Ti-4. The molecule has 0 radical (unpaired) electrons. The summed E-state index contributed by atoms with van der Waals surface area (Å²) in [4.78, 5) is 0. The zero-order chi connectivity index (χ0) is 29.8. The molecule has 0 aliphatic carbocycles. The first-order chi connectivity index (χ1) is 21.1. The van der Waals surface area contributed by atoms with Gasteiger partial charge in [-0.15, -0.1) is 69.1 Å². The molecule has 8 rings (SSSR count). The Bertz CT molecular complexity index is 2000. The van der Waals surface area contributed by atoms with Gasteiger partial charge >= 0.3 is 21.7 Å². The van der Waals surface area contributed by atoms with Crippen molar-refractivity contribution < 1.29 is 46.5 Å². The van der Waals surface area contributed by atoms with E-state index in [2.05, 4.69) is 173 Å². The maximum atomic E-state index is 3.38. The molecule has 0 aliphatic heterocycles. The van der Waals surface area contributed by atoms with Crippen LogP contribution in [0.15, 0.2) is 146 Å². The minimum Gasteiger partial charge on any atom is -1.00 e. The SMILES string of the molecule is Cc1cc2c(-c3cccc4ccccc34)cccc2[cH-]1.Cc1cc2c(-c3cccc4ccccc34)cccc2[cH-]1.[CH2-]C[CH2-].[Cl-].[Cl-].[Ti+2]. The molecule has 8 aromatic rings. The van der Waals surface area contributed by atoms with Crippen LogP contribution in [-0.4, -0.2) is 0 Å². The third-order valence-corrected chi connectivity index (χ3v) is 7.95. The van der Waals surface area contributed by atoms with Gasteiger partial charge < -0.3 is 45.1 Å². The molecule has 0 nitrogen and oxygen atoms in total. The molecule has 0 unspecified atom stereocenters. The molecule has 46 heavy (non-hydrogen) atoms. The van der Waals surface area contributed by atoms with Crippen LogP contribution in [0.25, 0.3) is 65.3 Å². The van der Waals surface area contributed by atoms with Gasteiger partial charge in [0.1, 0.15) is 0 Å². The number of hydrogen-bond acceptors (Lipinski definition) is 0. The van der Waals surface area contributed by atoms with E-state index in [-0.39, 0.29) is 46.5 Å². The van der Waals surface area contributed by atoms with Crippen molar-refractivity contribution in [1.29, 1.82) is 0 Å². The third kappa shape index (κ3) is 7.66. The van der Waals surface area contributed by atoms with Gasteiger partial charge in [-0.2, -0.15) is 12.1 Å². The summed E-state index contributed by atoms with van der Waals surface area (Å²) in [5.41, 5.74) is 7.94. The van der Waals surface area contributed by atoms with E-state index in [1.807, 2.05) is 0 Å². The third-order valence-electron chi connectivity index (χ3n) is 7.95. The Hall–Kier alpha value is -3.65. The summed E-state index contributed by atoms with van der Waals surface area (Å²) in [6.45, 7) is 11.1. The summed E-state index contributed by atoms with van der Waals surface area (Å²) >= 11 is 0. The molecule has 0 atom stereocenters. The van der Waals surface area contributed by atoms with Crippen molar-refractivity contribution in [1.82, 2.24) is 0 Å². The van der Waals surface area contributed by atoms with Crippen molar-refractivity contribution in [3.05, 3.63) is 171 Å². The Balaban J connectivity index is 0.000000218. The van der Waals surface area contributed by atoms with E-state index in [1.165, 1.54) is 76.5 Å². The van der Waals surface area contributed by atoms with Gasteiger partial charge in [-0.1, -0.05) is 122 Å². The summed E-state index contributed by atoms with van der Waals surface area (Å²) in [6.07, 6.45) is 0.750. The van der Waals surface area contributed by atoms with Gasteiger partial charge in [0.2, 0.25) is 0 Å². The normalized spacial score (nSPS) is 10.2. The molecular weight excluding hydrogens is 635 g/mol. The molecule has 0 N–H and O–H groups in total. The molecule has 0 aliphatic rings. The van der Waals surface area contributed by atoms with Gasteiger partial charge in [0.05, 0.1) is 0 Å². The van der Waals surface area contributed by atoms with Gasteiger partial charge in [-0.05, 0) is 32.7 Å². The van der Waals surface area contributed by atoms with E-state index < -0.39 is 0 Å². The summed E-state index contributed by atoms with van der Waals surface area (Å²) < 4.78 is 0. The van der Waals surface area contributed by atoms with Crippen LogP contribution in [0.2, 0.25) is 0 Å². The van der Waals surface area contributed by atoms with Crippen LogP contribution >= 0.6 is 0 Å². The Morgan fingerprint density at radius 1 is 0.435 bits per heavy atom. The second kappa shape index (κ2) is 16.8. The Morgan fingerprint density at radius 3 is 1.13 bits per heavy atom. The number of halogens is 2. The van der Waals surface area contributed by atoms with Crippen molar-refractivity contribution >= 4 is 43.1 Å². The number of aryl methyl sites for hydroxylation is 2. The van der Waals surface area contributed by atoms with Crippen molar-refractivity contribution in [3.63, 3.8) is 0 Å². The molecule has 0 bridgehead atoms. The molecule has 0 amide bonds. The maximum absolute atomic E-state index is 3.38. The van der Waals surface area contributed by atoms with Crippen LogP contribution in [0.1, 0.15) is 17.5 Å². The second-order valence-electron chi connectivity index (χ2n) is 11.1. The van der Waals surface area contributed by atoms with E-state index >= 15 is 0 Å². The zero-order valence-electron chi connectivity index (χ0n) is 26.2. The fourth-order valence-corrected chi connectivity index (χ4v) is 6.16. The van der Waals surface area contributed by atoms with Crippen LogP contribution in [0.3, 0.4) is 0 Å². The smallest absolute Gasteiger partial charge is 1.00 e. The molecule has 0 heterocycles. The standard InChI is InChI=1S/2C20H15.C3H6.2ClH.Ti/c2*1-14-12-16-8-5-11-19(20(16)13-14)18-10-4-7-15-6-2-3-9-17(15)18;1-3-2;;;/h2*2-13H,1H3;1-3H2;2*1H;/q2*-1;-2;;;+2/p-2. The van der Waals surface area contributed by atoms with Crippen molar-refractivity contribution in [3.8, 4) is 22.3 Å². The zero-order valence-corrected chi connectivity index (χ0v) is 29.3. The van der Waals surface area contributed by atoms with E-state index in [1.54, 1.807) is 0 Å². The van der Waals surface area contributed by atoms with Gasteiger partial charge in [-0.3, -0.25) is 0 Å². The van der Waals surface area contributed by atoms with Crippen LogP contribution in [0.4, 0.5) is 0 Å². The van der Waals surface area contributed by atoms with E-state index in [0.29, 0.717) is 0 Å². The molecule has 0 saturated carbocycles. The minimum absolute atomic E-state index is 0. The number of fused-ring (bicyclic) bond motifs is 4. The Labute approximate surface area is 300 Å². The van der Waals surface area contributed by atoms with E-state index in [4.69, 9.17) is 0 Å². The summed E-state index contributed by atoms with van der Waals surface area (Å²) in [6, 6.07) is 52.5. The Morgan fingerprint density at radius 2 is 0.739 bits per heavy atom. The number of rotatable bonds is 2. The van der Waals surface area contributed by atoms with E-state index in [9.17, 15) is 0 Å². The Kier molecular flexibility index (Phi) is 13.4. The maximum Gasteiger partial charge on any atom is 2.00 e. The first-order valence-electron chi connectivity index (χ1n) is 14.9. The van der Waals surface area contributed by atoms with E-state index in [0.717, 1.165) is 6.42 Å². The fraction of sp³-hybridized carbons (Fsp3) is 0.0698. The van der Waals surface area contributed by atoms with Crippen molar-refractivity contribution in [2.75, 3.05) is 0 Å². The van der Waals surface area contributed by atoms with Crippen LogP contribution in [0.5, 0.6) is 0 Å². The van der Waals surface area contributed by atoms with Crippen LogP contribution < -0.4 is 24.8 Å². The summed E-state index contributed by atoms with van der Waals surface area (Å²) in [5, 5.41) is 10.6. The quantitative estimate of drug-likeness (QED) is 0.147. The van der Waals surface area contributed by atoms with Gasteiger partial charge in [0.15, 0.2) is 0 Å². The predicted octanol–water partition coefficient (Wildman–Crippen LogP) is 6.42. The van der Waals surface area contributed by atoms with Gasteiger partial charge in [0.25, 0.3) is 0 Å². The van der Waals surface area contributed by atoms with Crippen molar-refractivity contribution in [2.45, 2.75) is 20.3 Å². The molecule has 0 saturated heterocycles.